The maximum absolute atomic E-state index is 10.8. The topological polar surface area (TPSA) is 145 Å². The number of rotatable bonds is 2. The highest BCUT2D eigenvalue weighted by atomic mass is 16.4. The van der Waals surface area contributed by atoms with E-state index in [1.165, 1.54) is 0 Å². The second-order valence-electron chi connectivity index (χ2n) is 2.52. The van der Waals surface area contributed by atoms with E-state index in [1.54, 1.807) is 0 Å². The summed E-state index contributed by atoms with van der Waals surface area (Å²) in [6, 6.07) is 1.00. The highest BCUT2D eigenvalue weighted by Crippen LogP contribution is 2.16. The SMILES string of the molecule is NC(=O)c1cc(C(=O)O)c(N)nc1N. The fourth-order valence-corrected chi connectivity index (χ4v) is 0.911. The first-order valence-corrected chi connectivity index (χ1v) is 3.52. The predicted octanol–water partition coefficient (Wildman–Crippen LogP) is -0.957. The Balaban J connectivity index is 3.42. The number of nitrogen functional groups attached to an aromatic ring is 2. The number of nitrogens with two attached hydrogens (primary N) is 3. The molecule has 74 valence electrons. The molecule has 0 aliphatic carbocycles. The van der Waals surface area contributed by atoms with E-state index in [4.69, 9.17) is 22.3 Å². The van der Waals surface area contributed by atoms with Crippen LogP contribution in [0.3, 0.4) is 0 Å². The third kappa shape index (κ3) is 1.56. The number of pyridine rings is 1. The Morgan fingerprint density at radius 1 is 1.21 bits per heavy atom. The van der Waals surface area contributed by atoms with Gasteiger partial charge in [0.1, 0.15) is 17.2 Å². The number of carboxylic acids is 1. The number of hydrogen-bond donors (Lipinski definition) is 4. The number of carbonyl (C=O) groups is 2. The fraction of sp³-hybridized carbons (Fsp3) is 0. The second-order valence-corrected chi connectivity index (χ2v) is 2.52. The Morgan fingerprint density at radius 2 is 1.71 bits per heavy atom. The molecule has 0 atom stereocenters. The molecule has 0 saturated carbocycles. The van der Waals surface area contributed by atoms with Crippen molar-refractivity contribution in [3.05, 3.63) is 17.2 Å². The molecule has 0 fully saturated rings. The summed E-state index contributed by atoms with van der Waals surface area (Å²) in [5.41, 5.74) is 15.1. The second kappa shape index (κ2) is 3.21. The zero-order chi connectivity index (χ0) is 10.9. The molecule has 1 aromatic rings. The van der Waals surface area contributed by atoms with E-state index in [9.17, 15) is 9.59 Å². The van der Waals surface area contributed by atoms with Crippen LogP contribution in [0.5, 0.6) is 0 Å². The summed E-state index contributed by atoms with van der Waals surface area (Å²) in [4.78, 5) is 24.9. The molecule has 0 spiro atoms. The number of amides is 1. The Bertz CT molecular complexity index is 380. The molecule has 0 aliphatic rings. The van der Waals surface area contributed by atoms with Crippen molar-refractivity contribution >= 4 is 23.5 Å². The summed E-state index contributed by atoms with van der Waals surface area (Å²) in [7, 11) is 0. The number of nitrogens with zero attached hydrogens (tertiary/aromatic N) is 1. The van der Waals surface area contributed by atoms with Crippen molar-refractivity contribution in [1.29, 1.82) is 0 Å². The molecule has 0 radical (unpaired) electrons. The van der Waals surface area contributed by atoms with Crippen LogP contribution in [0.15, 0.2) is 6.07 Å². The smallest absolute Gasteiger partial charge is 0.339 e. The van der Waals surface area contributed by atoms with Crippen LogP contribution in [-0.4, -0.2) is 22.0 Å². The minimum absolute atomic E-state index is 0.156. The summed E-state index contributed by atoms with van der Waals surface area (Å²) >= 11 is 0. The van der Waals surface area contributed by atoms with Crippen molar-refractivity contribution in [3.63, 3.8) is 0 Å². The standard InChI is InChI=1S/C7H8N4O3/c8-4-2(6(10)12)1-3(7(13)14)5(9)11-4/h1H,(H2,10,12)(H,13,14)(H4,8,9,11). The molecular weight excluding hydrogens is 188 g/mol. The maximum Gasteiger partial charge on any atom is 0.339 e. The van der Waals surface area contributed by atoms with Crippen molar-refractivity contribution in [2.75, 3.05) is 11.5 Å². The van der Waals surface area contributed by atoms with Gasteiger partial charge in [0.25, 0.3) is 5.91 Å². The molecule has 1 aromatic heterocycles. The molecule has 7 N–H and O–H groups in total. The van der Waals surface area contributed by atoms with Crippen LogP contribution in [0, 0.1) is 0 Å². The molecule has 0 unspecified atom stereocenters. The molecule has 1 rings (SSSR count). The maximum atomic E-state index is 10.8. The number of primary amides is 1. The Morgan fingerprint density at radius 3 is 2.14 bits per heavy atom. The highest BCUT2D eigenvalue weighted by molar-refractivity contribution is 6.01. The van der Waals surface area contributed by atoms with Crippen LogP contribution < -0.4 is 17.2 Å². The quantitative estimate of drug-likeness (QED) is 0.479. The molecule has 7 nitrogen and oxygen atoms in total. The molecule has 0 aliphatic heterocycles. The first-order valence-electron chi connectivity index (χ1n) is 3.52. The zero-order valence-electron chi connectivity index (χ0n) is 7.02. The van der Waals surface area contributed by atoms with Crippen LogP contribution >= 0.6 is 0 Å². The van der Waals surface area contributed by atoms with E-state index < -0.39 is 11.9 Å². The van der Waals surface area contributed by atoms with Crippen molar-refractivity contribution < 1.29 is 14.7 Å². The minimum atomic E-state index is -1.29. The summed E-state index contributed by atoms with van der Waals surface area (Å²) in [6.45, 7) is 0. The Kier molecular flexibility index (Phi) is 2.24. The van der Waals surface area contributed by atoms with Crippen LogP contribution in [-0.2, 0) is 0 Å². The number of aromatic nitrogens is 1. The Labute approximate surface area is 78.5 Å². The monoisotopic (exact) mass is 196 g/mol. The summed E-state index contributed by atoms with van der Waals surface area (Å²) in [5.74, 6) is -2.57. The van der Waals surface area contributed by atoms with Crippen LogP contribution in [0.4, 0.5) is 11.6 Å². The lowest BCUT2D eigenvalue weighted by Gasteiger charge is -2.04. The van der Waals surface area contributed by atoms with Crippen LogP contribution in [0.1, 0.15) is 20.7 Å². The molecule has 14 heavy (non-hydrogen) atoms. The van der Waals surface area contributed by atoms with Crippen LogP contribution in [0.2, 0.25) is 0 Å². The molecule has 1 amide bonds. The van der Waals surface area contributed by atoms with Crippen molar-refractivity contribution in [2.24, 2.45) is 5.73 Å². The molecule has 7 heteroatoms. The van der Waals surface area contributed by atoms with E-state index in [0.717, 1.165) is 6.07 Å². The highest BCUT2D eigenvalue weighted by Gasteiger charge is 2.15. The number of aromatic carboxylic acids is 1. The lowest BCUT2D eigenvalue weighted by Crippen LogP contribution is -2.17. The van der Waals surface area contributed by atoms with Gasteiger partial charge < -0.3 is 22.3 Å². The van der Waals surface area contributed by atoms with Gasteiger partial charge in [-0.25, -0.2) is 9.78 Å². The average Bonchev–Trinajstić information content (AvgIpc) is 2.02. The predicted molar refractivity (Wildman–Crippen MR) is 48.5 cm³/mol. The number of anilines is 2. The minimum Gasteiger partial charge on any atom is -0.478 e. The van der Waals surface area contributed by atoms with Crippen molar-refractivity contribution in [1.82, 2.24) is 4.98 Å². The zero-order valence-corrected chi connectivity index (χ0v) is 7.02. The van der Waals surface area contributed by atoms with Gasteiger partial charge in [-0.3, -0.25) is 4.79 Å². The van der Waals surface area contributed by atoms with E-state index in [-0.39, 0.29) is 22.8 Å². The van der Waals surface area contributed by atoms with Gasteiger partial charge in [-0.15, -0.1) is 0 Å². The summed E-state index contributed by atoms with van der Waals surface area (Å²) < 4.78 is 0. The van der Waals surface area contributed by atoms with Crippen LogP contribution in [0.25, 0.3) is 0 Å². The van der Waals surface area contributed by atoms with Gasteiger partial charge in [-0.05, 0) is 6.07 Å². The van der Waals surface area contributed by atoms with Gasteiger partial charge >= 0.3 is 5.97 Å². The van der Waals surface area contributed by atoms with Gasteiger partial charge in [-0.1, -0.05) is 0 Å². The van der Waals surface area contributed by atoms with Gasteiger partial charge in [-0.2, -0.15) is 0 Å². The third-order valence-corrected chi connectivity index (χ3v) is 1.58. The third-order valence-electron chi connectivity index (χ3n) is 1.58. The number of carboxylic acid groups (broad SMARTS) is 1. The summed E-state index contributed by atoms with van der Waals surface area (Å²) in [5, 5.41) is 8.65. The van der Waals surface area contributed by atoms with E-state index >= 15 is 0 Å². The molecular formula is C7H8N4O3. The van der Waals surface area contributed by atoms with Gasteiger partial charge in [0.05, 0.1) is 5.56 Å². The van der Waals surface area contributed by atoms with Gasteiger partial charge in [0.2, 0.25) is 0 Å². The average molecular weight is 196 g/mol. The first kappa shape index (κ1) is 9.78. The Hall–Kier alpha value is -2.31. The fourth-order valence-electron chi connectivity index (χ4n) is 0.911. The number of hydrogen-bond acceptors (Lipinski definition) is 5. The molecule has 1 heterocycles. The summed E-state index contributed by atoms with van der Waals surface area (Å²) in [6.07, 6.45) is 0. The van der Waals surface area contributed by atoms with E-state index in [1.807, 2.05) is 0 Å². The molecule has 0 aromatic carbocycles. The van der Waals surface area contributed by atoms with E-state index in [2.05, 4.69) is 4.98 Å². The largest absolute Gasteiger partial charge is 0.478 e. The normalized spacial score (nSPS) is 9.71. The lowest BCUT2D eigenvalue weighted by atomic mass is 10.1. The number of carbonyl (C=O) groups excluding carboxylic acids is 1. The van der Waals surface area contributed by atoms with Crippen molar-refractivity contribution in [3.8, 4) is 0 Å². The molecule has 0 bridgehead atoms. The molecule has 0 saturated heterocycles. The lowest BCUT2D eigenvalue weighted by molar-refractivity contribution is 0.0697. The first-order chi connectivity index (χ1) is 6.43. The van der Waals surface area contributed by atoms with E-state index in [0.29, 0.717) is 0 Å². The van der Waals surface area contributed by atoms with Crippen molar-refractivity contribution in [2.45, 2.75) is 0 Å². The van der Waals surface area contributed by atoms with Gasteiger partial charge in [0.15, 0.2) is 0 Å². The van der Waals surface area contributed by atoms with Gasteiger partial charge in [0, 0.05) is 0 Å².